The van der Waals surface area contributed by atoms with Crippen LogP contribution in [0, 0.1) is 46.3 Å². The van der Waals surface area contributed by atoms with Crippen molar-refractivity contribution in [1.82, 2.24) is 0 Å². The highest BCUT2D eigenvalue weighted by atomic mass is 16.5. The van der Waals surface area contributed by atoms with Crippen molar-refractivity contribution in [3.05, 3.63) is 11.6 Å². The topological polar surface area (TPSA) is 63.6 Å². The summed E-state index contributed by atoms with van der Waals surface area (Å²) in [6.45, 7) is 9.18. The molecule has 0 aromatic rings. The average Bonchev–Trinajstić information content (AvgIpc) is 3.10. The van der Waals surface area contributed by atoms with Crippen LogP contribution in [0.15, 0.2) is 11.6 Å². The van der Waals surface area contributed by atoms with Crippen LogP contribution in [0.1, 0.15) is 85.5 Å². The van der Waals surface area contributed by atoms with Crippen LogP contribution in [-0.4, -0.2) is 30.1 Å². The minimum absolute atomic E-state index is 0.117. The van der Waals surface area contributed by atoms with Gasteiger partial charge in [-0.05, 0) is 104 Å². The fourth-order valence-electron chi connectivity index (χ4n) is 8.81. The predicted octanol–water partition coefficient (Wildman–Crippen LogP) is 5.33. The summed E-state index contributed by atoms with van der Waals surface area (Å²) in [5.74, 6) is 2.57. The summed E-state index contributed by atoms with van der Waals surface area (Å²) in [7, 11) is 1.47. The molecule has 0 aromatic carbocycles. The van der Waals surface area contributed by atoms with E-state index in [1.807, 2.05) is 6.92 Å². The van der Waals surface area contributed by atoms with E-state index in [0.717, 1.165) is 44.1 Å². The Morgan fingerprint density at radius 3 is 2.52 bits per heavy atom. The second-order valence-electron chi connectivity index (χ2n) is 11.7. The number of methoxy groups -OCH3 is 1. The number of hydrogen-bond donors (Lipinski definition) is 1. The highest BCUT2D eigenvalue weighted by Crippen LogP contribution is 2.68. The van der Waals surface area contributed by atoms with Crippen LogP contribution in [0.4, 0.5) is 0 Å². The molecule has 4 nitrogen and oxygen atoms in total. The first-order valence-electron chi connectivity index (χ1n) is 12.6. The summed E-state index contributed by atoms with van der Waals surface area (Å²) in [6, 6.07) is 0. The summed E-state index contributed by atoms with van der Waals surface area (Å²) in [5, 5.41) is 10.4. The normalized spacial score (nSPS) is 46.8. The van der Waals surface area contributed by atoms with Gasteiger partial charge in [0.05, 0.1) is 13.2 Å². The lowest BCUT2D eigenvalue weighted by Crippen LogP contribution is -2.58. The van der Waals surface area contributed by atoms with E-state index in [4.69, 9.17) is 4.74 Å². The molecule has 4 heteroatoms. The molecule has 0 spiro atoms. The highest BCUT2D eigenvalue weighted by Gasteiger charge is 2.64. The van der Waals surface area contributed by atoms with Crippen molar-refractivity contribution in [3.8, 4) is 0 Å². The molecular weight excluding hydrogens is 388 g/mol. The molecule has 174 valence electrons. The second-order valence-corrected chi connectivity index (χ2v) is 11.7. The van der Waals surface area contributed by atoms with E-state index in [-0.39, 0.29) is 34.7 Å². The largest absolute Gasteiger partial charge is 0.469 e. The van der Waals surface area contributed by atoms with Crippen LogP contribution in [0.5, 0.6) is 0 Å². The molecular formula is C27H42O4. The smallest absolute Gasteiger partial charge is 0.305 e. The molecule has 31 heavy (non-hydrogen) atoms. The molecule has 0 amide bonds. The summed E-state index contributed by atoms with van der Waals surface area (Å²) < 4.78 is 4.87. The fraction of sp³-hybridized carbons (Fsp3) is 0.852. The number of ketones is 1. The Hall–Kier alpha value is -1.16. The van der Waals surface area contributed by atoms with E-state index in [2.05, 4.69) is 26.8 Å². The number of Topliss-reactive ketones (excluding diaryl/α,β-unsaturated/α-hetero) is 1. The fourth-order valence-corrected chi connectivity index (χ4v) is 8.81. The molecule has 0 aromatic heterocycles. The average molecular weight is 431 g/mol. The van der Waals surface area contributed by atoms with Crippen LogP contribution < -0.4 is 0 Å². The maximum absolute atomic E-state index is 13.9. The quantitative estimate of drug-likeness (QED) is 0.484. The SMILES string of the molecule is C/C=C1/C(=O)C2[C@H](CCC3(C)C([C@H](C)CCC(=O)OC)CC[C@@H]23)C2(C)CC[C@@H](O)CC12. The number of carbonyl (C=O) groups is 2. The lowest BCUT2D eigenvalue weighted by molar-refractivity contribution is -0.150. The van der Waals surface area contributed by atoms with Gasteiger partial charge < -0.3 is 9.84 Å². The summed E-state index contributed by atoms with van der Waals surface area (Å²) in [6.07, 6.45) is 10.4. The predicted molar refractivity (Wildman–Crippen MR) is 121 cm³/mol. The molecule has 1 N–H and O–H groups in total. The molecule has 4 fully saturated rings. The number of esters is 1. The zero-order chi connectivity index (χ0) is 22.6. The first-order valence-corrected chi connectivity index (χ1v) is 12.6. The molecule has 4 saturated carbocycles. The van der Waals surface area contributed by atoms with E-state index < -0.39 is 0 Å². The van der Waals surface area contributed by atoms with Crippen molar-refractivity contribution < 1.29 is 19.4 Å². The lowest BCUT2D eigenvalue weighted by Gasteiger charge is -2.61. The van der Waals surface area contributed by atoms with Gasteiger partial charge in [0.15, 0.2) is 5.78 Å². The van der Waals surface area contributed by atoms with E-state index >= 15 is 0 Å². The van der Waals surface area contributed by atoms with Crippen LogP contribution in [-0.2, 0) is 14.3 Å². The first-order chi connectivity index (χ1) is 14.7. The monoisotopic (exact) mass is 430 g/mol. The van der Waals surface area contributed by atoms with Gasteiger partial charge in [-0.25, -0.2) is 0 Å². The maximum Gasteiger partial charge on any atom is 0.305 e. The Kier molecular flexibility index (Phi) is 6.17. The van der Waals surface area contributed by atoms with Gasteiger partial charge in [-0.3, -0.25) is 9.59 Å². The van der Waals surface area contributed by atoms with Crippen LogP contribution in [0.3, 0.4) is 0 Å². The molecule has 4 aliphatic rings. The Morgan fingerprint density at radius 1 is 1.16 bits per heavy atom. The van der Waals surface area contributed by atoms with Gasteiger partial charge in [-0.15, -0.1) is 0 Å². The van der Waals surface area contributed by atoms with Crippen LogP contribution >= 0.6 is 0 Å². The number of ether oxygens (including phenoxy) is 1. The number of aliphatic hydroxyl groups excluding tert-OH is 1. The van der Waals surface area contributed by atoms with Crippen LogP contribution in [0.2, 0.25) is 0 Å². The standard InChI is InChI=1S/C27H42O4/c1-6-18-22-15-17(28)11-13-27(22,4)21-12-14-26(3)19(16(2)7-10-23(29)31-5)8-9-20(26)24(21)25(18)30/h6,16-17,19-22,24,28H,7-15H2,1-5H3/b18-6+/t16-,17-,19?,20+,21+,22?,24?,26?,27?/m1/s1. The third kappa shape index (κ3) is 3.52. The Bertz CT molecular complexity index is 756. The number of hydrogen-bond acceptors (Lipinski definition) is 4. The number of allylic oxidation sites excluding steroid dienone is 2. The lowest BCUT2D eigenvalue weighted by atomic mass is 9.43. The van der Waals surface area contributed by atoms with Gasteiger partial charge in [-0.1, -0.05) is 26.8 Å². The Labute approximate surface area is 188 Å². The summed E-state index contributed by atoms with van der Waals surface area (Å²) >= 11 is 0. The van der Waals surface area contributed by atoms with Gasteiger partial charge in [0.1, 0.15) is 0 Å². The number of rotatable bonds is 4. The number of fused-ring (bicyclic) bond motifs is 5. The van der Waals surface area contributed by atoms with E-state index in [0.29, 0.717) is 35.9 Å². The van der Waals surface area contributed by atoms with Crippen molar-refractivity contribution in [2.75, 3.05) is 7.11 Å². The third-order valence-electron chi connectivity index (χ3n) is 10.5. The summed E-state index contributed by atoms with van der Waals surface area (Å²) in [4.78, 5) is 25.6. The minimum atomic E-state index is -0.266. The van der Waals surface area contributed by atoms with Gasteiger partial charge in [0, 0.05) is 12.3 Å². The molecule has 4 rings (SSSR count). The molecule has 9 atom stereocenters. The van der Waals surface area contributed by atoms with E-state index in [9.17, 15) is 14.7 Å². The molecule has 0 aliphatic heterocycles. The highest BCUT2D eigenvalue weighted by molar-refractivity contribution is 5.99. The minimum Gasteiger partial charge on any atom is -0.469 e. The molecule has 0 saturated heterocycles. The van der Waals surface area contributed by atoms with Crippen molar-refractivity contribution in [3.63, 3.8) is 0 Å². The molecule has 0 heterocycles. The van der Waals surface area contributed by atoms with Gasteiger partial charge >= 0.3 is 5.97 Å². The van der Waals surface area contributed by atoms with Crippen molar-refractivity contribution in [2.24, 2.45) is 46.3 Å². The number of aliphatic hydroxyl groups is 1. The molecule has 5 unspecified atom stereocenters. The van der Waals surface area contributed by atoms with Crippen molar-refractivity contribution >= 4 is 11.8 Å². The zero-order valence-electron chi connectivity index (χ0n) is 20.2. The third-order valence-corrected chi connectivity index (χ3v) is 10.5. The van der Waals surface area contributed by atoms with E-state index in [1.54, 1.807) is 0 Å². The maximum atomic E-state index is 13.9. The van der Waals surface area contributed by atoms with Gasteiger partial charge in [-0.2, -0.15) is 0 Å². The molecule has 0 bridgehead atoms. The Morgan fingerprint density at radius 2 is 1.84 bits per heavy atom. The number of carbonyl (C=O) groups excluding carboxylic acids is 2. The van der Waals surface area contributed by atoms with Crippen molar-refractivity contribution in [2.45, 2.75) is 91.6 Å². The zero-order valence-corrected chi connectivity index (χ0v) is 20.2. The molecule has 4 aliphatic carbocycles. The second kappa shape index (κ2) is 8.32. The molecule has 0 radical (unpaired) electrons. The van der Waals surface area contributed by atoms with Gasteiger partial charge in [0.2, 0.25) is 0 Å². The van der Waals surface area contributed by atoms with Crippen molar-refractivity contribution in [1.29, 1.82) is 0 Å². The first kappa shape index (κ1) is 23.0. The van der Waals surface area contributed by atoms with E-state index in [1.165, 1.54) is 20.0 Å². The Balaban J connectivity index is 1.61. The van der Waals surface area contributed by atoms with Crippen LogP contribution in [0.25, 0.3) is 0 Å². The van der Waals surface area contributed by atoms with Gasteiger partial charge in [0.25, 0.3) is 0 Å². The summed E-state index contributed by atoms with van der Waals surface area (Å²) in [5.41, 5.74) is 1.33.